The van der Waals surface area contributed by atoms with Gasteiger partial charge in [-0.25, -0.2) is 4.98 Å². The average molecular weight is 420 g/mol. The summed E-state index contributed by atoms with van der Waals surface area (Å²) in [5.41, 5.74) is 2.91. The second-order valence-electron chi connectivity index (χ2n) is 6.93. The van der Waals surface area contributed by atoms with Crippen LogP contribution < -0.4 is 10.9 Å². The van der Waals surface area contributed by atoms with Crippen LogP contribution >= 0.6 is 11.8 Å². The van der Waals surface area contributed by atoms with Crippen molar-refractivity contribution in [3.63, 3.8) is 0 Å². The highest BCUT2D eigenvalue weighted by Crippen LogP contribution is 2.23. The molecule has 4 rings (SSSR count). The van der Waals surface area contributed by atoms with Gasteiger partial charge in [0.1, 0.15) is 5.76 Å². The topological polar surface area (TPSA) is 76.6 Å². The number of hydrogen-bond acceptors (Lipinski definition) is 5. The number of amides is 1. The molecule has 4 aromatic rings. The third-order valence-electron chi connectivity index (χ3n) is 4.53. The summed E-state index contributed by atoms with van der Waals surface area (Å²) in [6.07, 6.45) is 1.16. The number of nitrogens with one attached hydrogen (secondary N) is 1. The van der Waals surface area contributed by atoms with Crippen LogP contribution in [0.2, 0.25) is 0 Å². The Hall–Kier alpha value is -3.32. The van der Waals surface area contributed by atoms with Crippen LogP contribution in [-0.2, 0) is 17.0 Å². The first-order valence-electron chi connectivity index (χ1n) is 9.63. The summed E-state index contributed by atoms with van der Waals surface area (Å²) in [5.74, 6) is 1.21. The maximum absolute atomic E-state index is 12.2. The Balaban J connectivity index is 1.31. The summed E-state index contributed by atoms with van der Waals surface area (Å²) in [5, 5.41) is 2.93. The number of aryl methyl sites for hydroxylation is 2. The van der Waals surface area contributed by atoms with E-state index in [0.29, 0.717) is 35.7 Å². The van der Waals surface area contributed by atoms with Crippen molar-refractivity contribution in [2.45, 2.75) is 30.4 Å². The van der Waals surface area contributed by atoms with Gasteiger partial charge in [0.05, 0.1) is 5.69 Å². The Morgan fingerprint density at radius 1 is 1.10 bits per heavy atom. The predicted molar refractivity (Wildman–Crippen MR) is 118 cm³/mol. The molecule has 0 aliphatic carbocycles. The maximum atomic E-state index is 12.2. The van der Waals surface area contributed by atoms with Crippen molar-refractivity contribution in [3.8, 4) is 0 Å². The molecule has 2 aromatic carbocycles. The van der Waals surface area contributed by atoms with Crippen LogP contribution in [0.5, 0.6) is 0 Å². The number of anilines is 1. The van der Waals surface area contributed by atoms with Crippen molar-refractivity contribution in [3.05, 3.63) is 94.1 Å². The summed E-state index contributed by atoms with van der Waals surface area (Å²) in [6, 6.07) is 20.9. The highest BCUT2D eigenvalue weighted by Gasteiger charge is 2.08. The van der Waals surface area contributed by atoms with Crippen molar-refractivity contribution in [2.75, 3.05) is 5.32 Å². The van der Waals surface area contributed by atoms with Crippen molar-refractivity contribution < 1.29 is 9.32 Å². The van der Waals surface area contributed by atoms with Gasteiger partial charge in [-0.1, -0.05) is 30.3 Å². The van der Waals surface area contributed by atoms with Crippen LogP contribution in [0.4, 0.5) is 5.69 Å². The van der Waals surface area contributed by atoms with E-state index in [0.717, 1.165) is 16.1 Å². The number of carbonyl (C=O) groups is 1. The molecule has 0 fully saturated rings. The first-order valence-corrected chi connectivity index (χ1v) is 10.6. The lowest BCUT2D eigenvalue weighted by molar-refractivity contribution is -0.116. The number of nitrogens with zero attached hydrogens (tertiary/aromatic N) is 2. The third kappa shape index (κ3) is 4.99. The SMILES string of the molecule is Cc1cc2nc(CSc3ccc(NC(=O)CCc4ccccc4)cc3)cc(=O)n2o1. The lowest BCUT2D eigenvalue weighted by atomic mass is 10.1. The van der Waals surface area contributed by atoms with Gasteiger partial charge >= 0.3 is 0 Å². The Labute approximate surface area is 177 Å². The normalized spacial score (nSPS) is 11.0. The van der Waals surface area contributed by atoms with Crippen molar-refractivity contribution in [1.29, 1.82) is 0 Å². The molecular weight excluding hydrogens is 398 g/mol. The van der Waals surface area contributed by atoms with Crippen LogP contribution in [0.3, 0.4) is 0 Å². The lowest BCUT2D eigenvalue weighted by Gasteiger charge is -2.07. The molecule has 2 heterocycles. The van der Waals surface area contributed by atoms with Crippen LogP contribution in [0, 0.1) is 6.92 Å². The Bertz CT molecular complexity index is 1210. The molecule has 6 nitrogen and oxygen atoms in total. The number of rotatable bonds is 7. The molecule has 0 aliphatic heterocycles. The largest absolute Gasteiger partial charge is 0.375 e. The van der Waals surface area contributed by atoms with Gasteiger partial charge in [0.25, 0.3) is 5.56 Å². The fourth-order valence-corrected chi connectivity index (χ4v) is 3.86. The van der Waals surface area contributed by atoms with Crippen LogP contribution in [-0.4, -0.2) is 15.5 Å². The molecule has 2 aromatic heterocycles. The Morgan fingerprint density at radius 3 is 2.63 bits per heavy atom. The fourth-order valence-electron chi connectivity index (χ4n) is 3.07. The molecule has 0 unspecified atom stereocenters. The minimum absolute atomic E-state index is 0.00682. The van der Waals surface area contributed by atoms with E-state index in [9.17, 15) is 9.59 Å². The molecular formula is C23H21N3O3S. The van der Waals surface area contributed by atoms with Gasteiger partial charge in [-0.2, -0.15) is 0 Å². The summed E-state index contributed by atoms with van der Waals surface area (Å²) >= 11 is 1.58. The summed E-state index contributed by atoms with van der Waals surface area (Å²) < 4.78 is 6.50. The molecule has 7 heteroatoms. The molecule has 1 N–H and O–H groups in total. The number of thioether (sulfide) groups is 1. The maximum Gasteiger partial charge on any atom is 0.287 e. The molecule has 152 valence electrons. The third-order valence-corrected chi connectivity index (χ3v) is 5.58. The molecule has 0 bridgehead atoms. The number of fused-ring (bicyclic) bond motifs is 1. The number of benzene rings is 2. The van der Waals surface area contributed by atoms with E-state index in [1.807, 2.05) is 54.6 Å². The summed E-state index contributed by atoms with van der Waals surface area (Å²) in [6.45, 7) is 1.78. The monoisotopic (exact) mass is 419 g/mol. The minimum atomic E-state index is -0.225. The van der Waals surface area contributed by atoms with E-state index >= 15 is 0 Å². The van der Waals surface area contributed by atoms with Crippen molar-refractivity contribution >= 4 is 29.0 Å². The molecule has 0 aliphatic rings. The zero-order valence-electron chi connectivity index (χ0n) is 16.5. The Morgan fingerprint density at radius 2 is 1.87 bits per heavy atom. The zero-order valence-corrected chi connectivity index (χ0v) is 17.3. The first kappa shape index (κ1) is 20.0. The fraction of sp³-hybridized carbons (Fsp3) is 0.174. The quantitative estimate of drug-likeness (QED) is 0.448. The Kier molecular flexibility index (Phi) is 5.99. The second-order valence-corrected chi connectivity index (χ2v) is 7.98. The predicted octanol–water partition coefficient (Wildman–Crippen LogP) is 4.46. The lowest BCUT2D eigenvalue weighted by Crippen LogP contribution is -2.12. The van der Waals surface area contributed by atoms with E-state index in [-0.39, 0.29) is 11.5 Å². The summed E-state index contributed by atoms with van der Waals surface area (Å²) in [7, 11) is 0. The molecule has 0 saturated carbocycles. The average Bonchev–Trinajstić information content (AvgIpc) is 3.13. The smallest absolute Gasteiger partial charge is 0.287 e. The number of hydrogen-bond donors (Lipinski definition) is 1. The second kappa shape index (κ2) is 9.00. The summed E-state index contributed by atoms with van der Waals surface area (Å²) in [4.78, 5) is 29.7. The minimum Gasteiger partial charge on any atom is -0.375 e. The van der Waals surface area contributed by atoms with E-state index in [4.69, 9.17) is 4.52 Å². The van der Waals surface area contributed by atoms with Gasteiger partial charge in [0.2, 0.25) is 5.91 Å². The molecule has 0 spiro atoms. The number of carbonyl (C=O) groups excluding carboxylic acids is 1. The van der Waals surface area contributed by atoms with E-state index in [2.05, 4.69) is 10.3 Å². The zero-order chi connectivity index (χ0) is 20.9. The van der Waals surface area contributed by atoms with Gasteiger partial charge in [0, 0.05) is 34.9 Å². The molecule has 1 amide bonds. The van der Waals surface area contributed by atoms with Gasteiger partial charge in [-0.3, -0.25) is 9.59 Å². The van der Waals surface area contributed by atoms with Gasteiger partial charge in [-0.15, -0.1) is 16.3 Å². The standard InChI is InChI=1S/C23H21N3O3S/c1-16-13-21-24-19(14-23(28)26(21)29-16)15-30-20-10-8-18(9-11-20)25-22(27)12-7-17-5-3-2-4-6-17/h2-6,8-11,13-14H,7,12,15H2,1H3,(H,25,27). The van der Waals surface area contributed by atoms with Gasteiger partial charge in [-0.05, 0) is 43.2 Å². The number of aromatic nitrogens is 2. The molecule has 30 heavy (non-hydrogen) atoms. The highest BCUT2D eigenvalue weighted by molar-refractivity contribution is 7.98. The molecule has 0 radical (unpaired) electrons. The van der Waals surface area contributed by atoms with Gasteiger partial charge in [0.15, 0.2) is 5.65 Å². The molecule has 0 atom stereocenters. The first-order chi connectivity index (χ1) is 14.6. The van der Waals surface area contributed by atoms with E-state index in [1.165, 1.54) is 10.6 Å². The van der Waals surface area contributed by atoms with E-state index in [1.54, 1.807) is 24.8 Å². The van der Waals surface area contributed by atoms with Crippen molar-refractivity contribution in [1.82, 2.24) is 9.56 Å². The molecule has 0 saturated heterocycles. The van der Waals surface area contributed by atoms with Crippen LogP contribution in [0.15, 0.2) is 80.9 Å². The highest BCUT2D eigenvalue weighted by atomic mass is 32.2. The van der Waals surface area contributed by atoms with Gasteiger partial charge < -0.3 is 9.84 Å². The van der Waals surface area contributed by atoms with Crippen LogP contribution in [0.25, 0.3) is 5.65 Å². The van der Waals surface area contributed by atoms with Crippen molar-refractivity contribution in [2.24, 2.45) is 0 Å². The van der Waals surface area contributed by atoms with Crippen LogP contribution in [0.1, 0.15) is 23.4 Å². The van der Waals surface area contributed by atoms with E-state index < -0.39 is 0 Å².